The van der Waals surface area contributed by atoms with Gasteiger partial charge in [-0.2, -0.15) is 0 Å². The van der Waals surface area contributed by atoms with Gasteiger partial charge >= 0.3 is 0 Å². The molecule has 0 saturated carbocycles. The molecule has 3 fully saturated rings. The SMILES string of the molecule is O=C1CCOCC1CN1CCC(N2CCCC2)C1. The summed E-state index contributed by atoms with van der Waals surface area (Å²) in [6, 6.07) is 0.743. The van der Waals surface area contributed by atoms with Crippen LogP contribution in [-0.4, -0.2) is 67.6 Å². The van der Waals surface area contributed by atoms with Crippen LogP contribution in [0.5, 0.6) is 0 Å². The minimum atomic E-state index is 0.135. The third-order valence-corrected chi connectivity index (χ3v) is 4.65. The van der Waals surface area contributed by atoms with E-state index in [9.17, 15) is 4.79 Å². The smallest absolute Gasteiger partial charge is 0.141 e. The number of ether oxygens (including phenoxy) is 1. The quantitative estimate of drug-likeness (QED) is 0.742. The van der Waals surface area contributed by atoms with Gasteiger partial charge in [-0.05, 0) is 38.9 Å². The molecule has 0 aromatic carbocycles. The number of nitrogens with zero attached hydrogens (tertiary/aromatic N) is 2. The molecule has 18 heavy (non-hydrogen) atoms. The number of hydrogen-bond acceptors (Lipinski definition) is 4. The first-order chi connectivity index (χ1) is 8.83. The van der Waals surface area contributed by atoms with Gasteiger partial charge in [-0.1, -0.05) is 0 Å². The second-order valence-electron chi connectivity index (χ2n) is 5.93. The largest absolute Gasteiger partial charge is 0.380 e. The summed E-state index contributed by atoms with van der Waals surface area (Å²) >= 11 is 0. The van der Waals surface area contributed by atoms with Gasteiger partial charge in [-0.15, -0.1) is 0 Å². The van der Waals surface area contributed by atoms with Gasteiger partial charge in [-0.3, -0.25) is 9.69 Å². The number of ketones is 1. The molecular formula is C14H24N2O2. The summed E-state index contributed by atoms with van der Waals surface area (Å²) in [5, 5.41) is 0. The van der Waals surface area contributed by atoms with Crippen LogP contribution in [0.4, 0.5) is 0 Å². The Kier molecular flexibility index (Phi) is 3.97. The molecule has 102 valence electrons. The van der Waals surface area contributed by atoms with Gasteiger partial charge in [0, 0.05) is 25.6 Å². The zero-order valence-electron chi connectivity index (χ0n) is 11.1. The summed E-state index contributed by atoms with van der Waals surface area (Å²) in [4.78, 5) is 16.9. The van der Waals surface area contributed by atoms with Crippen molar-refractivity contribution >= 4 is 5.78 Å². The zero-order chi connectivity index (χ0) is 12.4. The Hall–Kier alpha value is -0.450. The molecule has 0 bridgehead atoms. The molecule has 2 unspecified atom stereocenters. The first kappa shape index (κ1) is 12.6. The lowest BCUT2D eigenvalue weighted by Crippen LogP contribution is -2.40. The number of rotatable bonds is 3. The van der Waals surface area contributed by atoms with Crippen LogP contribution in [0.3, 0.4) is 0 Å². The van der Waals surface area contributed by atoms with Crippen LogP contribution in [0.1, 0.15) is 25.7 Å². The molecule has 3 rings (SSSR count). The fraction of sp³-hybridized carbons (Fsp3) is 0.929. The molecule has 2 atom stereocenters. The van der Waals surface area contributed by atoms with Gasteiger partial charge in [0.05, 0.1) is 19.1 Å². The highest BCUT2D eigenvalue weighted by atomic mass is 16.5. The Balaban J connectivity index is 1.48. The van der Waals surface area contributed by atoms with Gasteiger partial charge < -0.3 is 9.64 Å². The lowest BCUT2D eigenvalue weighted by Gasteiger charge is -2.27. The molecular weight excluding hydrogens is 228 g/mol. The van der Waals surface area contributed by atoms with E-state index in [1.807, 2.05) is 0 Å². The maximum Gasteiger partial charge on any atom is 0.141 e. The van der Waals surface area contributed by atoms with Crippen LogP contribution in [-0.2, 0) is 9.53 Å². The molecule has 0 aromatic rings. The van der Waals surface area contributed by atoms with E-state index in [0.717, 1.165) is 25.7 Å². The summed E-state index contributed by atoms with van der Waals surface area (Å²) in [6.07, 6.45) is 4.63. The third kappa shape index (κ3) is 2.76. The van der Waals surface area contributed by atoms with Crippen molar-refractivity contribution < 1.29 is 9.53 Å². The Morgan fingerprint density at radius 3 is 2.83 bits per heavy atom. The highest BCUT2D eigenvalue weighted by Gasteiger charge is 2.32. The molecule has 0 amide bonds. The summed E-state index contributed by atoms with van der Waals surface area (Å²) in [5.41, 5.74) is 0. The summed E-state index contributed by atoms with van der Waals surface area (Å²) in [7, 11) is 0. The minimum absolute atomic E-state index is 0.135. The summed E-state index contributed by atoms with van der Waals surface area (Å²) < 4.78 is 5.43. The van der Waals surface area contributed by atoms with Gasteiger partial charge in [0.25, 0.3) is 0 Å². The normalized spacial score (nSPS) is 35.4. The predicted molar refractivity (Wildman–Crippen MR) is 69.6 cm³/mol. The van der Waals surface area contributed by atoms with Gasteiger partial charge in [0.15, 0.2) is 0 Å². The molecule has 0 aromatic heterocycles. The average Bonchev–Trinajstić information content (AvgIpc) is 3.02. The van der Waals surface area contributed by atoms with Crippen molar-refractivity contribution in [2.24, 2.45) is 5.92 Å². The molecule has 0 spiro atoms. The van der Waals surface area contributed by atoms with Crippen molar-refractivity contribution in [3.8, 4) is 0 Å². The first-order valence-corrected chi connectivity index (χ1v) is 7.40. The van der Waals surface area contributed by atoms with E-state index in [0.29, 0.717) is 25.4 Å². The van der Waals surface area contributed by atoms with Crippen molar-refractivity contribution in [2.45, 2.75) is 31.7 Å². The van der Waals surface area contributed by atoms with E-state index in [2.05, 4.69) is 9.80 Å². The van der Waals surface area contributed by atoms with Crippen LogP contribution in [0.2, 0.25) is 0 Å². The Morgan fingerprint density at radius 1 is 1.22 bits per heavy atom. The molecule has 0 N–H and O–H groups in total. The minimum Gasteiger partial charge on any atom is -0.380 e. The van der Waals surface area contributed by atoms with Crippen molar-refractivity contribution in [3.05, 3.63) is 0 Å². The fourth-order valence-electron chi connectivity index (χ4n) is 3.54. The second-order valence-corrected chi connectivity index (χ2v) is 5.93. The number of carbonyl (C=O) groups is 1. The van der Waals surface area contributed by atoms with Crippen LogP contribution >= 0.6 is 0 Å². The zero-order valence-corrected chi connectivity index (χ0v) is 11.1. The standard InChI is InChI=1S/C14H24N2O2/c17-14-4-8-18-11-12(14)9-15-7-3-13(10-15)16-5-1-2-6-16/h12-13H,1-11H2. The van der Waals surface area contributed by atoms with Gasteiger partial charge in [-0.25, -0.2) is 0 Å². The fourth-order valence-corrected chi connectivity index (χ4v) is 3.54. The van der Waals surface area contributed by atoms with Crippen LogP contribution in [0, 0.1) is 5.92 Å². The number of likely N-dealkylation sites (tertiary alicyclic amines) is 2. The van der Waals surface area contributed by atoms with Gasteiger partial charge in [0.2, 0.25) is 0 Å². The molecule has 0 radical (unpaired) electrons. The van der Waals surface area contributed by atoms with Crippen LogP contribution in [0.15, 0.2) is 0 Å². The van der Waals surface area contributed by atoms with E-state index in [1.54, 1.807) is 0 Å². The molecule has 4 heteroatoms. The van der Waals surface area contributed by atoms with Crippen molar-refractivity contribution in [3.63, 3.8) is 0 Å². The van der Waals surface area contributed by atoms with E-state index < -0.39 is 0 Å². The average molecular weight is 252 g/mol. The lowest BCUT2D eigenvalue weighted by molar-refractivity contribution is -0.131. The van der Waals surface area contributed by atoms with Crippen molar-refractivity contribution in [1.82, 2.24) is 9.80 Å². The van der Waals surface area contributed by atoms with E-state index >= 15 is 0 Å². The predicted octanol–water partition coefficient (Wildman–Crippen LogP) is 0.762. The summed E-state index contributed by atoms with van der Waals surface area (Å²) in [6.45, 7) is 7.07. The Labute approximate surface area is 109 Å². The molecule has 0 aliphatic carbocycles. The number of carbonyl (C=O) groups excluding carboxylic acids is 1. The molecule has 3 heterocycles. The Morgan fingerprint density at radius 2 is 2.06 bits per heavy atom. The monoisotopic (exact) mass is 252 g/mol. The highest BCUT2D eigenvalue weighted by Crippen LogP contribution is 2.22. The maximum absolute atomic E-state index is 11.8. The maximum atomic E-state index is 11.8. The van der Waals surface area contributed by atoms with Crippen molar-refractivity contribution in [1.29, 1.82) is 0 Å². The second kappa shape index (κ2) is 5.68. The van der Waals surface area contributed by atoms with Crippen LogP contribution in [0.25, 0.3) is 0 Å². The van der Waals surface area contributed by atoms with E-state index in [-0.39, 0.29) is 5.92 Å². The molecule has 3 aliphatic rings. The first-order valence-electron chi connectivity index (χ1n) is 7.40. The van der Waals surface area contributed by atoms with Crippen molar-refractivity contribution in [2.75, 3.05) is 45.9 Å². The molecule has 3 aliphatic heterocycles. The molecule has 3 saturated heterocycles. The summed E-state index contributed by atoms with van der Waals surface area (Å²) in [5.74, 6) is 0.543. The topological polar surface area (TPSA) is 32.8 Å². The van der Waals surface area contributed by atoms with Crippen LogP contribution < -0.4 is 0 Å². The third-order valence-electron chi connectivity index (χ3n) is 4.65. The number of Topliss-reactive ketones (excluding diaryl/α,β-unsaturated/α-hetero) is 1. The van der Waals surface area contributed by atoms with E-state index in [4.69, 9.17) is 4.74 Å². The van der Waals surface area contributed by atoms with E-state index in [1.165, 1.54) is 32.4 Å². The molecule has 4 nitrogen and oxygen atoms in total. The Bertz CT molecular complexity index is 302. The number of hydrogen-bond donors (Lipinski definition) is 0. The highest BCUT2D eigenvalue weighted by molar-refractivity contribution is 5.82. The lowest BCUT2D eigenvalue weighted by atomic mass is 10.0. The van der Waals surface area contributed by atoms with Gasteiger partial charge in [0.1, 0.15) is 5.78 Å².